The van der Waals surface area contributed by atoms with Gasteiger partial charge in [0.1, 0.15) is 11.5 Å². The van der Waals surface area contributed by atoms with Crippen LogP contribution in [0.3, 0.4) is 0 Å². The predicted molar refractivity (Wildman–Crippen MR) is 206 cm³/mol. The number of para-hydroxylation sites is 2. The van der Waals surface area contributed by atoms with Crippen LogP contribution in [0.15, 0.2) is 95.9 Å². The Kier molecular flexibility index (Phi) is 11.3. The molecule has 1 fully saturated rings. The van der Waals surface area contributed by atoms with Crippen LogP contribution in [-0.2, 0) is 13.0 Å². The van der Waals surface area contributed by atoms with Crippen molar-refractivity contribution in [1.29, 1.82) is 0 Å². The van der Waals surface area contributed by atoms with Crippen molar-refractivity contribution >= 4 is 33.5 Å². The minimum atomic E-state index is -0.756. The number of amides is 1. The number of piperidine rings is 1. The zero-order valence-corrected chi connectivity index (χ0v) is 30.3. The lowest BCUT2D eigenvalue weighted by Crippen LogP contribution is -2.31. The smallest absolute Gasteiger partial charge is 0.282 e. The van der Waals surface area contributed by atoms with Gasteiger partial charge in [0.15, 0.2) is 28.8 Å². The van der Waals surface area contributed by atoms with Gasteiger partial charge in [-0.15, -0.1) is 0 Å². The Balaban J connectivity index is 1.05. The van der Waals surface area contributed by atoms with E-state index in [4.69, 9.17) is 18.9 Å². The molecule has 0 aliphatic carbocycles. The van der Waals surface area contributed by atoms with Crippen LogP contribution >= 0.6 is 0 Å². The number of rotatable bonds is 14. The average Bonchev–Trinajstić information content (AvgIpc) is 3.20. The largest absolute Gasteiger partial charge is 0.497 e. The SMILES string of the molecule is COc1ccc(CCn2c(=O)c(C(=O)Nc3ccc(Oc4ccnc5cc(OCCCN6CCCCC6)c(OC)cc45)c(F)c3)nc3ccccc32)cc1. The molecule has 0 spiro atoms. The standard InChI is InChI=1S/C42H42FN5O6/c1-51-30-14-11-28(12-15-30)18-23-48-35-10-5-4-9-33(35)46-40(42(48)50)41(49)45-29-13-16-37(32(43)25-29)54-36-17-19-44-34-27-39(38(52-2)26-31(34)36)53-24-8-22-47-20-6-3-7-21-47/h4-5,9-17,19,25-27H,3,6-8,18,20-24H2,1-2H3,(H,45,49). The highest BCUT2D eigenvalue weighted by Gasteiger charge is 2.20. The van der Waals surface area contributed by atoms with Crippen molar-refractivity contribution in [3.8, 4) is 28.7 Å². The number of likely N-dealkylation sites (tertiary alicyclic amines) is 1. The van der Waals surface area contributed by atoms with Gasteiger partial charge in [-0.05, 0) is 92.9 Å². The number of benzene rings is 4. The third-order valence-corrected chi connectivity index (χ3v) is 9.57. The summed E-state index contributed by atoms with van der Waals surface area (Å²) in [6.45, 7) is 4.13. The first kappa shape index (κ1) is 36.4. The van der Waals surface area contributed by atoms with Crippen molar-refractivity contribution in [1.82, 2.24) is 19.4 Å². The lowest BCUT2D eigenvalue weighted by Gasteiger charge is -2.26. The molecule has 0 saturated carbocycles. The molecule has 0 bridgehead atoms. The maximum Gasteiger partial charge on any atom is 0.282 e. The van der Waals surface area contributed by atoms with Crippen molar-refractivity contribution in [2.45, 2.75) is 38.6 Å². The molecule has 6 aromatic rings. The number of halogens is 1. The summed E-state index contributed by atoms with van der Waals surface area (Å²) < 4.78 is 40.1. The monoisotopic (exact) mass is 731 g/mol. The Morgan fingerprint density at radius 2 is 1.65 bits per heavy atom. The number of carbonyl (C=O) groups is 1. The molecular weight excluding hydrogens is 689 g/mol. The molecule has 0 unspecified atom stereocenters. The van der Waals surface area contributed by atoms with Crippen molar-refractivity contribution < 1.29 is 28.1 Å². The van der Waals surface area contributed by atoms with Crippen LogP contribution in [0, 0.1) is 5.82 Å². The molecular formula is C42H42FN5O6. The predicted octanol–water partition coefficient (Wildman–Crippen LogP) is 7.64. The minimum Gasteiger partial charge on any atom is -0.497 e. The van der Waals surface area contributed by atoms with Crippen LogP contribution < -0.4 is 29.8 Å². The summed E-state index contributed by atoms with van der Waals surface area (Å²) in [6, 6.07) is 24.0. The molecule has 278 valence electrons. The Labute approximate surface area is 312 Å². The minimum absolute atomic E-state index is 0.0674. The van der Waals surface area contributed by atoms with E-state index in [2.05, 4.69) is 20.2 Å². The summed E-state index contributed by atoms with van der Waals surface area (Å²) in [6.07, 6.45) is 6.83. The molecule has 1 aliphatic rings. The van der Waals surface area contributed by atoms with Gasteiger partial charge in [-0.3, -0.25) is 14.6 Å². The highest BCUT2D eigenvalue weighted by Crippen LogP contribution is 2.38. The van der Waals surface area contributed by atoms with Crippen molar-refractivity contribution in [2.75, 3.05) is 45.8 Å². The Hall–Kier alpha value is -6.01. The molecule has 11 nitrogen and oxygen atoms in total. The number of anilines is 1. The van der Waals surface area contributed by atoms with Crippen LogP contribution in [0.1, 0.15) is 41.7 Å². The molecule has 1 aliphatic heterocycles. The Morgan fingerprint density at radius 1 is 0.833 bits per heavy atom. The summed E-state index contributed by atoms with van der Waals surface area (Å²) >= 11 is 0. The van der Waals surface area contributed by atoms with Crippen LogP contribution in [0.4, 0.5) is 10.1 Å². The van der Waals surface area contributed by atoms with Gasteiger partial charge in [-0.1, -0.05) is 30.7 Å². The van der Waals surface area contributed by atoms with Crippen LogP contribution in [-0.4, -0.2) is 65.8 Å². The summed E-state index contributed by atoms with van der Waals surface area (Å²) in [7, 11) is 3.17. The van der Waals surface area contributed by atoms with Gasteiger partial charge < -0.3 is 33.7 Å². The fourth-order valence-electron chi connectivity index (χ4n) is 6.71. The number of nitrogens with one attached hydrogen (secondary N) is 1. The van der Waals surface area contributed by atoms with Gasteiger partial charge in [0, 0.05) is 42.5 Å². The maximum absolute atomic E-state index is 15.5. The van der Waals surface area contributed by atoms with E-state index in [9.17, 15) is 9.59 Å². The fourth-order valence-corrected chi connectivity index (χ4v) is 6.71. The highest BCUT2D eigenvalue weighted by atomic mass is 19.1. The highest BCUT2D eigenvalue weighted by molar-refractivity contribution is 6.03. The summed E-state index contributed by atoms with van der Waals surface area (Å²) in [5.41, 5.74) is 1.97. The molecule has 7 rings (SSSR count). The van der Waals surface area contributed by atoms with Crippen molar-refractivity contribution in [3.05, 3.63) is 119 Å². The van der Waals surface area contributed by atoms with Gasteiger partial charge in [0.25, 0.3) is 11.5 Å². The van der Waals surface area contributed by atoms with E-state index in [1.807, 2.05) is 30.3 Å². The molecule has 0 radical (unpaired) electrons. The van der Waals surface area contributed by atoms with E-state index in [0.717, 1.165) is 43.4 Å². The number of aromatic nitrogens is 3. The van der Waals surface area contributed by atoms with Gasteiger partial charge >= 0.3 is 0 Å². The van der Waals surface area contributed by atoms with Gasteiger partial charge in [0.05, 0.1) is 37.4 Å². The van der Waals surface area contributed by atoms with E-state index in [1.165, 1.54) is 31.4 Å². The number of hydrogen-bond donors (Lipinski definition) is 1. The van der Waals surface area contributed by atoms with Crippen LogP contribution in [0.2, 0.25) is 0 Å². The van der Waals surface area contributed by atoms with Crippen molar-refractivity contribution in [2.24, 2.45) is 0 Å². The Bertz CT molecular complexity index is 2320. The first-order chi connectivity index (χ1) is 26.4. The summed E-state index contributed by atoms with van der Waals surface area (Å²) in [5.74, 6) is 0.641. The number of pyridine rings is 1. The second kappa shape index (κ2) is 16.8. The van der Waals surface area contributed by atoms with Crippen LogP contribution in [0.25, 0.3) is 21.9 Å². The molecule has 54 heavy (non-hydrogen) atoms. The summed E-state index contributed by atoms with van der Waals surface area (Å²) in [4.78, 5) is 38.5. The number of ether oxygens (including phenoxy) is 4. The molecule has 4 aromatic carbocycles. The van der Waals surface area contributed by atoms with Gasteiger partial charge in [-0.25, -0.2) is 9.37 Å². The quantitative estimate of drug-likeness (QED) is 0.113. The molecule has 12 heteroatoms. The van der Waals surface area contributed by atoms with E-state index < -0.39 is 17.3 Å². The van der Waals surface area contributed by atoms with Gasteiger partial charge in [0.2, 0.25) is 0 Å². The second-order valence-electron chi connectivity index (χ2n) is 13.1. The lowest BCUT2D eigenvalue weighted by atomic mass is 10.1. The first-order valence-electron chi connectivity index (χ1n) is 18.1. The third-order valence-electron chi connectivity index (χ3n) is 9.57. The molecule has 3 heterocycles. The first-order valence-corrected chi connectivity index (χ1v) is 18.1. The number of nitrogens with zero attached hydrogens (tertiary/aromatic N) is 4. The van der Waals surface area contributed by atoms with E-state index >= 15 is 4.39 Å². The third kappa shape index (κ3) is 8.29. The number of methoxy groups -OCH3 is 2. The molecule has 2 aromatic heterocycles. The van der Waals surface area contributed by atoms with E-state index in [0.29, 0.717) is 58.8 Å². The van der Waals surface area contributed by atoms with Gasteiger partial charge in [-0.2, -0.15) is 0 Å². The van der Waals surface area contributed by atoms with Crippen molar-refractivity contribution in [3.63, 3.8) is 0 Å². The lowest BCUT2D eigenvalue weighted by molar-refractivity contribution is 0.102. The summed E-state index contributed by atoms with van der Waals surface area (Å²) in [5, 5.41) is 3.24. The molecule has 1 saturated heterocycles. The van der Waals surface area contributed by atoms with E-state index in [-0.39, 0.29) is 17.1 Å². The Morgan fingerprint density at radius 3 is 2.43 bits per heavy atom. The topological polar surface area (TPSA) is 117 Å². The van der Waals surface area contributed by atoms with Crippen LogP contribution in [0.5, 0.6) is 28.7 Å². The molecule has 1 amide bonds. The number of carbonyl (C=O) groups excluding carboxylic acids is 1. The normalized spacial score (nSPS) is 13.2. The zero-order valence-electron chi connectivity index (χ0n) is 30.3. The number of aryl methyl sites for hydroxylation is 2. The van der Waals surface area contributed by atoms with E-state index in [1.54, 1.807) is 61.4 Å². The number of hydrogen-bond acceptors (Lipinski definition) is 9. The zero-order chi connectivity index (χ0) is 37.4. The maximum atomic E-state index is 15.5. The second-order valence-corrected chi connectivity index (χ2v) is 13.1. The average molecular weight is 732 g/mol. The molecule has 0 atom stereocenters. The fraction of sp³-hybridized carbons (Fsp3) is 0.286. The number of fused-ring (bicyclic) bond motifs is 2. The molecule has 1 N–H and O–H groups in total.